The summed E-state index contributed by atoms with van der Waals surface area (Å²) in [5.74, 6) is 0. The molecule has 0 amide bonds. The van der Waals surface area contributed by atoms with E-state index in [1.165, 1.54) is 0 Å². The van der Waals surface area contributed by atoms with Crippen LogP contribution in [0.15, 0.2) is 0 Å². The van der Waals surface area contributed by atoms with Crippen molar-refractivity contribution in [1.29, 1.82) is 0 Å². The Kier molecular flexibility index (Phi) is 51.8. The molecule has 21 heavy (non-hydrogen) atoms. The SMILES string of the molecule is S=C(S)N[S-].S=C(S)N[S-].S=C(S)N[S-].S=C(S)N[S-].[Mo+4]. The van der Waals surface area contributed by atoms with Gasteiger partial charge >= 0.3 is 21.1 Å². The Morgan fingerprint density at radius 1 is 0.524 bits per heavy atom. The molecule has 0 aromatic carbocycles. The van der Waals surface area contributed by atoms with Crippen LogP contribution in [0.4, 0.5) is 0 Å². The first-order valence-electron chi connectivity index (χ1n) is 3.53. The Hall–Kier alpha value is 3.05. The van der Waals surface area contributed by atoms with Crippen molar-refractivity contribution < 1.29 is 21.1 Å². The van der Waals surface area contributed by atoms with Gasteiger partial charge in [-0.3, -0.25) is 0 Å². The standard InChI is InChI=1S/4CH2NS3.Mo/c4*3-1(4)2-5;/h4*(H2-,2,3,4,5);/q4*-1;+4. The van der Waals surface area contributed by atoms with Gasteiger partial charge in [0, 0.05) is 0 Å². The van der Waals surface area contributed by atoms with E-state index in [0.717, 1.165) is 0 Å². The van der Waals surface area contributed by atoms with Gasteiger partial charge in [0.05, 0.1) is 0 Å². The van der Waals surface area contributed by atoms with Gasteiger partial charge in [-0.15, -0.1) is 50.5 Å². The minimum absolute atomic E-state index is 0. The number of hydrogen-bond donors (Lipinski definition) is 8. The van der Waals surface area contributed by atoms with Gasteiger partial charge in [-0.2, -0.15) is 0 Å². The molecule has 0 heterocycles. The summed E-state index contributed by atoms with van der Waals surface area (Å²) < 4.78 is 10.2. The molecular weight excluding hydrogens is 585 g/mol. The first kappa shape index (κ1) is 35.2. The Bertz CT molecular complexity index is 230. The van der Waals surface area contributed by atoms with Gasteiger partial charge in [-0.25, -0.2) is 0 Å². The summed E-state index contributed by atoms with van der Waals surface area (Å²) in [7, 11) is 0. The summed E-state index contributed by atoms with van der Waals surface area (Å²) in [6.45, 7) is 0. The van der Waals surface area contributed by atoms with E-state index in [2.05, 4.69) is 170 Å². The second-order valence-electron chi connectivity index (χ2n) is 1.63. The first-order valence-corrected chi connectivity index (χ1v) is 8.58. The van der Waals surface area contributed by atoms with E-state index in [9.17, 15) is 0 Å². The number of thiocarbonyl (C=S) groups is 4. The van der Waals surface area contributed by atoms with Crippen LogP contribution >= 0.6 is 99.4 Å². The summed E-state index contributed by atoms with van der Waals surface area (Å²) in [4.78, 5) is 0. The van der Waals surface area contributed by atoms with Crippen molar-refractivity contribution in [2.24, 2.45) is 0 Å². The van der Waals surface area contributed by atoms with E-state index < -0.39 is 0 Å². The first-order chi connectivity index (χ1) is 9.08. The zero-order valence-corrected chi connectivity index (χ0v) is 21.6. The third-order valence-corrected chi connectivity index (χ3v) is 3.14. The average Bonchev–Trinajstić information content (AvgIpc) is 2.40. The molecule has 0 rings (SSSR count). The van der Waals surface area contributed by atoms with E-state index in [1.807, 2.05) is 0 Å². The molecule has 4 N–H and O–H groups in total. The number of hydrogen-bond acceptors (Lipinski definition) is 8. The second kappa shape index (κ2) is 30.9. The summed E-state index contributed by atoms with van der Waals surface area (Å²) in [6.07, 6.45) is 0. The largest absolute Gasteiger partial charge is 4.00 e. The van der Waals surface area contributed by atoms with Gasteiger partial charge in [-0.05, 0) is 0 Å². The molecule has 17 heteroatoms. The van der Waals surface area contributed by atoms with Crippen LogP contribution in [0.1, 0.15) is 0 Å². The van der Waals surface area contributed by atoms with Gasteiger partial charge in [0.2, 0.25) is 0 Å². The smallest absolute Gasteiger partial charge is 0.669 e. The van der Waals surface area contributed by atoms with Crippen LogP contribution in [0.5, 0.6) is 0 Å². The fourth-order valence-electron chi connectivity index (χ4n) is 0. The van der Waals surface area contributed by atoms with Crippen LogP contribution in [0.25, 0.3) is 0 Å². The second-order valence-corrected chi connectivity index (χ2v) is 7.08. The maximum atomic E-state index is 4.35. The van der Waals surface area contributed by atoms with E-state index in [0.29, 0.717) is 17.3 Å². The third-order valence-electron chi connectivity index (χ3n) is 0.349. The van der Waals surface area contributed by atoms with Gasteiger partial charge in [0.1, 0.15) is 17.3 Å². The van der Waals surface area contributed by atoms with Crippen LogP contribution in [-0.2, 0) is 72.3 Å². The van der Waals surface area contributed by atoms with Gasteiger partial charge in [0.25, 0.3) is 0 Å². The fraction of sp³-hybridized carbons (Fsp3) is 0. The quantitative estimate of drug-likeness (QED) is 0.0898. The average molecular weight is 593 g/mol. The third kappa shape index (κ3) is 83.7. The van der Waals surface area contributed by atoms with Crippen LogP contribution in [0.3, 0.4) is 0 Å². The number of rotatable bonds is 0. The molecular formula is C4H8MoN4S12. The normalized spacial score (nSPS) is 6.48. The predicted octanol–water partition coefficient (Wildman–Crippen LogP) is 1.01. The molecule has 0 aliphatic rings. The molecule has 4 nitrogen and oxygen atoms in total. The van der Waals surface area contributed by atoms with Crippen molar-refractivity contribution >= 4 is 168 Å². The molecule has 0 saturated heterocycles. The summed E-state index contributed by atoms with van der Waals surface area (Å²) in [6, 6.07) is 0. The van der Waals surface area contributed by atoms with E-state index in [1.54, 1.807) is 0 Å². The molecule has 0 saturated carbocycles. The van der Waals surface area contributed by atoms with Crippen molar-refractivity contribution in [1.82, 2.24) is 18.9 Å². The Morgan fingerprint density at radius 2 is 0.571 bits per heavy atom. The minimum Gasteiger partial charge on any atom is -0.669 e. The van der Waals surface area contributed by atoms with Gasteiger partial charge in [-0.1, -0.05) is 48.9 Å². The topological polar surface area (TPSA) is 48.1 Å². The molecule has 0 aromatic rings. The molecule has 0 fully saturated rings. The van der Waals surface area contributed by atoms with Crippen LogP contribution in [0, 0.1) is 0 Å². The molecule has 0 unspecified atom stereocenters. The molecule has 0 radical (unpaired) electrons. The predicted molar refractivity (Wildman–Crippen MR) is 128 cm³/mol. The van der Waals surface area contributed by atoms with Gasteiger partial charge < -0.3 is 70.1 Å². The van der Waals surface area contributed by atoms with E-state index >= 15 is 0 Å². The van der Waals surface area contributed by atoms with Gasteiger partial charge in [0.15, 0.2) is 0 Å². The summed E-state index contributed by atoms with van der Waals surface area (Å²) >= 11 is 48.7. The fourth-order valence-corrected chi connectivity index (χ4v) is 0. The molecule has 0 atom stereocenters. The molecule has 0 aromatic heterocycles. The van der Waals surface area contributed by atoms with Crippen LogP contribution in [0.2, 0.25) is 0 Å². The molecule has 0 aliphatic heterocycles. The number of nitrogens with one attached hydrogen (secondary N) is 4. The maximum Gasteiger partial charge on any atom is 4.00 e. The minimum atomic E-state index is 0. The molecule has 0 bridgehead atoms. The number of thiol groups is 4. The van der Waals surface area contributed by atoms with Crippen molar-refractivity contribution in [3.63, 3.8) is 0 Å². The van der Waals surface area contributed by atoms with Crippen molar-refractivity contribution in [2.45, 2.75) is 0 Å². The molecule has 0 aliphatic carbocycles. The Labute approximate surface area is 205 Å². The summed E-state index contributed by atoms with van der Waals surface area (Å²) in [5.41, 5.74) is 0. The Balaban J connectivity index is -0.0000000533. The van der Waals surface area contributed by atoms with E-state index in [-0.39, 0.29) is 21.1 Å². The molecule has 0 spiro atoms. The molecule has 122 valence electrons. The van der Waals surface area contributed by atoms with E-state index in [4.69, 9.17) is 0 Å². The Morgan fingerprint density at radius 3 is 0.571 bits per heavy atom. The zero-order chi connectivity index (χ0) is 17.1. The van der Waals surface area contributed by atoms with Crippen LogP contribution < -0.4 is 18.9 Å². The zero-order valence-electron chi connectivity index (χ0n) is 9.46. The maximum absolute atomic E-state index is 4.35. The van der Waals surface area contributed by atoms with Crippen molar-refractivity contribution in [3.8, 4) is 0 Å². The van der Waals surface area contributed by atoms with Crippen LogP contribution in [-0.4, -0.2) is 17.3 Å². The van der Waals surface area contributed by atoms with Crippen molar-refractivity contribution in [2.75, 3.05) is 0 Å². The monoisotopic (exact) mass is 594 g/mol. The van der Waals surface area contributed by atoms with Crippen molar-refractivity contribution in [3.05, 3.63) is 0 Å². The summed E-state index contributed by atoms with van der Waals surface area (Å²) in [5, 5.41) is 0.